The van der Waals surface area contributed by atoms with Gasteiger partial charge in [-0.1, -0.05) is 72.9 Å². The van der Waals surface area contributed by atoms with Gasteiger partial charge in [0.05, 0.1) is 46.4 Å². The molecule has 0 fully saturated rings. The number of aromatic nitrogens is 4. The molecule has 0 saturated carbocycles. The first-order valence-electron chi connectivity index (χ1n) is 11.8. The van der Waals surface area contributed by atoms with Gasteiger partial charge in [0, 0.05) is 18.7 Å². The van der Waals surface area contributed by atoms with Gasteiger partial charge < -0.3 is 14.9 Å². The molecule has 4 aromatic carbocycles. The molecule has 2 aromatic heterocycles. The molecule has 2 N–H and O–H groups in total. The van der Waals surface area contributed by atoms with E-state index in [1.165, 1.54) is 5.56 Å². The lowest BCUT2D eigenvalue weighted by atomic mass is 10.1. The maximum Gasteiger partial charge on any atom is 0.103 e. The molecule has 0 bridgehead atoms. The Morgan fingerprint density at radius 2 is 1.16 bits per heavy atom. The van der Waals surface area contributed by atoms with E-state index in [0.717, 1.165) is 46.3 Å². The van der Waals surface area contributed by atoms with Gasteiger partial charge in [0.1, 0.15) is 4.99 Å². The Morgan fingerprint density at radius 1 is 0.711 bits per heavy atom. The molecule has 0 aliphatic rings. The van der Waals surface area contributed by atoms with E-state index in [9.17, 15) is 0 Å². The average Bonchev–Trinajstić information content (AvgIpc) is 3.54. The monoisotopic (exact) mass is 534 g/mol. The van der Waals surface area contributed by atoms with E-state index < -0.39 is 0 Å². The summed E-state index contributed by atoms with van der Waals surface area (Å²) in [6.45, 7) is 1.56. The number of fused-ring (bicyclic) bond motifs is 2. The van der Waals surface area contributed by atoms with Gasteiger partial charge in [-0.05, 0) is 47.5 Å². The van der Waals surface area contributed by atoms with Gasteiger partial charge in [-0.25, -0.2) is 9.97 Å². The summed E-state index contributed by atoms with van der Waals surface area (Å²) < 4.78 is 4.24. The van der Waals surface area contributed by atoms with Gasteiger partial charge in [0.2, 0.25) is 0 Å². The van der Waals surface area contributed by atoms with Crippen LogP contribution in [0.5, 0.6) is 0 Å². The third kappa shape index (κ3) is 6.09. The predicted octanol–water partition coefficient (Wildman–Crippen LogP) is 5.79. The minimum Gasteiger partial charge on any atom is -0.389 e. The number of hydrogen-bond acceptors (Lipinski definition) is 4. The first-order valence-corrected chi connectivity index (χ1v) is 12.2. The van der Waals surface area contributed by atoms with E-state index in [0.29, 0.717) is 10.6 Å². The summed E-state index contributed by atoms with van der Waals surface area (Å²) in [5.41, 5.74) is 13.8. The van der Waals surface area contributed by atoms with Gasteiger partial charge in [-0.2, -0.15) is 18.8 Å². The smallest absolute Gasteiger partial charge is 0.103 e. The summed E-state index contributed by atoms with van der Waals surface area (Å²) in [6.07, 6.45) is 3.72. The van der Waals surface area contributed by atoms with Crippen LogP contribution in [0.3, 0.4) is 0 Å². The fraction of sp³-hybridized carbons (Fsp3) is 0.0667. The predicted molar refractivity (Wildman–Crippen MR) is 162 cm³/mol. The Labute approximate surface area is 233 Å². The van der Waals surface area contributed by atoms with Crippen molar-refractivity contribution in [1.29, 1.82) is 5.26 Å². The van der Waals surface area contributed by atoms with Gasteiger partial charge in [-0.15, -0.1) is 0 Å². The molecule has 188 valence electrons. The standard InChI is InChI=1S/C15H13N3S.C15H11N3.H2S/c16-15(19)12-7-5-11(6-8-12)9-18-10-17-13-3-1-2-4-14(13)18;16-9-12-5-7-13(8-6-12)10-18-11-17-14-3-1-2-4-15(14)18;/h1-8,10H,9H2,(H2,16,19);1-8,11H,10H2;1H2. The highest BCUT2D eigenvalue weighted by molar-refractivity contribution is 7.80. The van der Waals surface area contributed by atoms with Crippen LogP contribution in [0.2, 0.25) is 0 Å². The fourth-order valence-corrected chi connectivity index (χ4v) is 4.26. The van der Waals surface area contributed by atoms with Crippen molar-refractivity contribution in [3.05, 3.63) is 132 Å². The number of imidazole rings is 2. The topological polar surface area (TPSA) is 85.5 Å². The summed E-state index contributed by atoms with van der Waals surface area (Å²) in [6, 6.07) is 33.9. The largest absolute Gasteiger partial charge is 0.389 e. The molecule has 0 aliphatic carbocycles. The van der Waals surface area contributed by atoms with E-state index in [1.54, 1.807) is 0 Å². The third-order valence-electron chi connectivity index (χ3n) is 6.08. The van der Waals surface area contributed by atoms with Crippen molar-refractivity contribution in [2.24, 2.45) is 5.73 Å². The highest BCUT2D eigenvalue weighted by Crippen LogP contribution is 2.15. The van der Waals surface area contributed by atoms with Crippen molar-refractivity contribution >= 4 is 52.8 Å². The van der Waals surface area contributed by atoms with Crippen LogP contribution in [-0.2, 0) is 13.1 Å². The molecule has 2 heterocycles. The molecule has 0 unspecified atom stereocenters. The summed E-state index contributed by atoms with van der Waals surface area (Å²) in [4.78, 5) is 9.17. The van der Waals surface area contributed by atoms with Crippen molar-refractivity contribution < 1.29 is 0 Å². The highest BCUT2D eigenvalue weighted by atomic mass is 32.1. The molecule has 0 aliphatic heterocycles. The van der Waals surface area contributed by atoms with E-state index in [1.807, 2.05) is 97.6 Å². The highest BCUT2D eigenvalue weighted by Gasteiger charge is 2.04. The molecule has 6 rings (SSSR count). The van der Waals surface area contributed by atoms with Crippen LogP contribution in [0.1, 0.15) is 22.3 Å². The van der Waals surface area contributed by atoms with Crippen molar-refractivity contribution in [3.63, 3.8) is 0 Å². The minimum atomic E-state index is 0. The molecule has 0 atom stereocenters. The van der Waals surface area contributed by atoms with Crippen LogP contribution in [0.4, 0.5) is 0 Å². The zero-order valence-electron chi connectivity index (χ0n) is 20.5. The second kappa shape index (κ2) is 12.2. The number of thiocarbonyl (C=S) groups is 1. The lowest BCUT2D eigenvalue weighted by molar-refractivity contribution is 0.824. The lowest BCUT2D eigenvalue weighted by Crippen LogP contribution is -2.09. The molecular weight excluding hydrogens is 509 g/mol. The molecule has 0 saturated heterocycles. The molecule has 8 heteroatoms. The first-order chi connectivity index (χ1) is 18.1. The summed E-state index contributed by atoms with van der Waals surface area (Å²) in [5, 5.41) is 8.76. The van der Waals surface area contributed by atoms with Gasteiger partial charge in [0.15, 0.2) is 0 Å². The molecule has 6 aromatic rings. The number of nitrogens with zero attached hydrogens (tertiary/aromatic N) is 5. The van der Waals surface area contributed by atoms with E-state index in [-0.39, 0.29) is 13.5 Å². The summed E-state index contributed by atoms with van der Waals surface area (Å²) in [7, 11) is 0. The van der Waals surface area contributed by atoms with Crippen LogP contribution < -0.4 is 5.73 Å². The van der Waals surface area contributed by atoms with Gasteiger partial charge in [-0.3, -0.25) is 0 Å². The number of benzene rings is 4. The van der Waals surface area contributed by atoms with E-state index in [4.69, 9.17) is 23.2 Å². The second-order valence-corrected chi connectivity index (χ2v) is 9.03. The Balaban J connectivity index is 0.000000173. The molecule has 0 radical (unpaired) electrons. The van der Waals surface area contributed by atoms with E-state index >= 15 is 0 Å². The molecule has 6 nitrogen and oxygen atoms in total. The lowest BCUT2D eigenvalue weighted by Gasteiger charge is -2.05. The van der Waals surface area contributed by atoms with Crippen LogP contribution in [0.15, 0.2) is 110 Å². The van der Waals surface area contributed by atoms with E-state index in [2.05, 4.69) is 37.3 Å². The number of hydrogen-bond donors (Lipinski definition) is 1. The van der Waals surface area contributed by atoms with Crippen LogP contribution in [0, 0.1) is 11.3 Å². The summed E-state index contributed by atoms with van der Waals surface area (Å²) in [5.74, 6) is 0. The molecular formula is C30H26N6S2. The molecule has 0 spiro atoms. The number of nitriles is 1. The molecule has 38 heavy (non-hydrogen) atoms. The molecule has 0 amide bonds. The minimum absolute atomic E-state index is 0. The zero-order chi connectivity index (χ0) is 25.6. The maximum absolute atomic E-state index is 8.76. The number of para-hydroxylation sites is 4. The third-order valence-corrected chi connectivity index (χ3v) is 6.32. The van der Waals surface area contributed by atoms with Crippen molar-refractivity contribution in [1.82, 2.24) is 19.1 Å². The Morgan fingerprint density at radius 3 is 1.61 bits per heavy atom. The second-order valence-electron chi connectivity index (χ2n) is 8.59. The average molecular weight is 535 g/mol. The Bertz CT molecular complexity index is 1710. The van der Waals surface area contributed by atoms with Crippen molar-refractivity contribution in [3.8, 4) is 6.07 Å². The first kappa shape index (κ1) is 26.6. The maximum atomic E-state index is 8.76. The van der Waals surface area contributed by atoms with Crippen molar-refractivity contribution in [2.75, 3.05) is 0 Å². The normalized spacial score (nSPS) is 10.3. The van der Waals surface area contributed by atoms with Crippen LogP contribution >= 0.6 is 25.7 Å². The summed E-state index contributed by atoms with van der Waals surface area (Å²) >= 11 is 4.95. The number of rotatable bonds is 5. The van der Waals surface area contributed by atoms with Crippen molar-refractivity contribution in [2.45, 2.75) is 13.1 Å². The Hall–Kier alpha value is -4.45. The van der Waals surface area contributed by atoms with Gasteiger partial charge in [0.25, 0.3) is 0 Å². The van der Waals surface area contributed by atoms with Gasteiger partial charge >= 0.3 is 0 Å². The van der Waals surface area contributed by atoms with Crippen LogP contribution in [0.25, 0.3) is 22.1 Å². The fourth-order valence-electron chi connectivity index (χ4n) is 4.13. The number of nitrogens with two attached hydrogens (primary N) is 1. The Kier molecular flexibility index (Phi) is 8.54. The zero-order valence-corrected chi connectivity index (χ0v) is 22.3. The van der Waals surface area contributed by atoms with Crippen LogP contribution in [-0.4, -0.2) is 24.1 Å². The quantitative estimate of drug-likeness (QED) is 0.283. The SMILES string of the molecule is N#Cc1ccc(Cn2cnc3ccccc32)cc1.NC(=S)c1ccc(Cn2cnc3ccccc32)cc1.S.